The van der Waals surface area contributed by atoms with Crippen LogP contribution in [0.1, 0.15) is 37.5 Å². The van der Waals surface area contributed by atoms with Gasteiger partial charge in [0.1, 0.15) is 0 Å². The number of benzene rings is 1. The van der Waals surface area contributed by atoms with Gasteiger partial charge in [-0.25, -0.2) is 4.21 Å². The lowest BCUT2D eigenvalue weighted by Crippen LogP contribution is -2.03. The zero-order valence-electron chi connectivity index (χ0n) is 9.54. The normalized spacial score (nSPS) is 12.8. The molecule has 0 aliphatic carbocycles. The van der Waals surface area contributed by atoms with Crippen molar-refractivity contribution in [1.82, 2.24) is 0 Å². The summed E-state index contributed by atoms with van der Waals surface area (Å²) >= 11 is -1.86. The Hall–Kier alpha value is -0.670. The van der Waals surface area contributed by atoms with Crippen LogP contribution in [0.4, 0.5) is 0 Å². The standard InChI is InChI=1S/C12H18O2S/c1-4-9-7-8-12(15(13)14)11(6-3)10(9)5-2/h7-8H,4-6H2,1-3H3,(H,13,14). The highest BCUT2D eigenvalue weighted by Crippen LogP contribution is 2.23. The summed E-state index contributed by atoms with van der Waals surface area (Å²) in [5.74, 6) is 0. The summed E-state index contributed by atoms with van der Waals surface area (Å²) in [6.07, 6.45) is 2.73. The molecule has 0 aromatic heterocycles. The van der Waals surface area contributed by atoms with E-state index < -0.39 is 11.1 Å². The number of hydrogen-bond donors (Lipinski definition) is 1. The molecular weight excluding hydrogens is 208 g/mol. The van der Waals surface area contributed by atoms with E-state index in [2.05, 4.69) is 13.8 Å². The van der Waals surface area contributed by atoms with Crippen LogP contribution in [0.2, 0.25) is 0 Å². The minimum atomic E-state index is -1.86. The van der Waals surface area contributed by atoms with Crippen LogP contribution in [0.5, 0.6) is 0 Å². The van der Waals surface area contributed by atoms with Gasteiger partial charge >= 0.3 is 0 Å². The predicted molar refractivity (Wildman–Crippen MR) is 63.6 cm³/mol. The SMILES string of the molecule is CCc1ccc(S(=O)O)c(CC)c1CC. The van der Waals surface area contributed by atoms with Crippen LogP contribution in [0.15, 0.2) is 17.0 Å². The van der Waals surface area contributed by atoms with E-state index in [0.29, 0.717) is 4.90 Å². The van der Waals surface area contributed by atoms with Gasteiger partial charge in [0, 0.05) is 0 Å². The zero-order valence-corrected chi connectivity index (χ0v) is 10.4. The molecule has 1 N–H and O–H groups in total. The molecule has 2 nitrogen and oxygen atoms in total. The first-order valence-electron chi connectivity index (χ1n) is 5.40. The minimum Gasteiger partial charge on any atom is -0.302 e. The molecule has 0 aliphatic heterocycles. The summed E-state index contributed by atoms with van der Waals surface area (Å²) in [7, 11) is 0. The largest absolute Gasteiger partial charge is 0.302 e. The fraction of sp³-hybridized carbons (Fsp3) is 0.500. The molecule has 0 amide bonds. The van der Waals surface area contributed by atoms with E-state index in [1.807, 2.05) is 13.0 Å². The molecule has 15 heavy (non-hydrogen) atoms. The van der Waals surface area contributed by atoms with Crippen molar-refractivity contribution in [3.63, 3.8) is 0 Å². The Balaban J connectivity index is 3.40. The van der Waals surface area contributed by atoms with Crippen molar-refractivity contribution in [3.05, 3.63) is 28.8 Å². The Labute approximate surface area is 94.0 Å². The maximum atomic E-state index is 11.2. The predicted octanol–water partition coefficient (Wildman–Crippen LogP) is 2.95. The molecule has 0 fully saturated rings. The van der Waals surface area contributed by atoms with Gasteiger partial charge in [-0.1, -0.05) is 26.8 Å². The summed E-state index contributed by atoms with van der Waals surface area (Å²) < 4.78 is 20.4. The summed E-state index contributed by atoms with van der Waals surface area (Å²) in [4.78, 5) is 0.576. The van der Waals surface area contributed by atoms with Crippen LogP contribution in [-0.4, -0.2) is 8.76 Å². The van der Waals surface area contributed by atoms with Gasteiger partial charge < -0.3 is 4.55 Å². The van der Waals surface area contributed by atoms with Crippen LogP contribution in [0.3, 0.4) is 0 Å². The zero-order chi connectivity index (χ0) is 11.4. The summed E-state index contributed by atoms with van der Waals surface area (Å²) in [5, 5.41) is 0. The summed E-state index contributed by atoms with van der Waals surface area (Å²) in [6, 6.07) is 3.76. The van der Waals surface area contributed by atoms with Crippen LogP contribution in [0, 0.1) is 0 Å². The lowest BCUT2D eigenvalue weighted by atomic mass is 9.96. The monoisotopic (exact) mass is 226 g/mol. The average Bonchev–Trinajstić information content (AvgIpc) is 2.26. The fourth-order valence-corrected chi connectivity index (χ4v) is 2.71. The summed E-state index contributed by atoms with van der Waals surface area (Å²) in [5.41, 5.74) is 3.60. The molecule has 84 valence electrons. The molecule has 1 unspecified atom stereocenters. The Morgan fingerprint density at radius 2 is 1.67 bits per heavy atom. The molecule has 1 atom stereocenters. The van der Waals surface area contributed by atoms with E-state index in [0.717, 1.165) is 24.8 Å². The molecule has 0 bridgehead atoms. The van der Waals surface area contributed by atoms with Gasteiger partial charge in [-0.05, 0) is 42.0 Å². The number of aryl methyl sites for hydroxylation is 1. The second kappa shape index (κ2) is 5.42. The highest BCUT2D eigenvalue weighted by molar-refractivity contribution is 7.79. The summed E-state index contributed by atoms with van der Waals surface area (Å²) in [6.45, 7) is 6.24. The maximum Gasteiger partial charge on any atom is 0.186 e. The third-order valence-corrected chi connectivity index (χ3v) is 3.52. The molecule has 3 heteroatoms. The third kappa shape index (κ3) is 2.47. The highest BCUT2D eigenvalue weighted by Gasteiger charge is 2.12. The van der Waals surface area contributed by atoms with Crippen molar-refractivity contribution in [1.29, 1.82) is 0 Å². The molecule has 1 aromatic carbocycles. The van der Waals surface area contributed by atoms with Crippen LogP contribution >= 0.6 is 0 Å². The van der Waals surface area contributed by atoms with Crippen LogP contribution in [0.25, 0.3) is 0 Å². The first-order chi connectivity index (χ1) is 7.15. The van der Waals surface area contributed by atoms with Gasteiger partial charge in [0.2, 0.25) is 0 Å². The molecule has 1 aromatic rings. The fourth-order valence-electron chi connectivity index (χ4n) is 2.04. The van der Waals surface area contributed by atoms with Crippen molar-refractivity contribution in [2.45, 2.75) is 44.9 Å². The van der Waals surface area contributed by atoms with E-state index in [-0.39, 0.29) is 0 Å². The van der Waals surface area contributed by atoms with E-state index in [4.69, 9.17) is 0 Å². The van der Waals surface area contributed by atoms with Crippen LogP contribution in [-0.2, 0) is 30.3 Å². The van der Waals surface area contributed by atoms with Crippen molar-refractivity contribution in [2.75, 3.05) is 0 Å². The molecule has 1 rings (SSSR count). The van der Waals surface area contributed by atoms with E-state index in [1.165, 1.54) is 11.1 Å². The Morgan fingerprint density at radius 1 is 1.07 bits per heavy atom. The van der Waals surface area contributed by atoms with Crippen molar-refractivity contribution in [2.24, 2.45) is 0 Å². The lowest BCUT2D eigenvalue weighted by molar-refractivity contribution is 0.563. The Bertz CT molecular complexity index is 372. The van der Waals surface area contributed by atoms with Crippen LogP contribution < -0.4 is 0 Å². The second-order valence-electron chi connectivity index (χ2n) is 3.49. The molecular formula is C12H18O2S. The molecule has 0 saturated heterocycles. The lowest BCUT2D eigenvalue weighted by Gasteiger charge is -2.14. The maximum absolute atomic E-state index is 11.2. The highest BCUT2D eigenvalue weighted by atomic mass is 32.2. The first kappa shape index (κ1) is 12.4. The second-order valence-corrected chi connectivity index (χ2v) is 4.43. The van der Waals surface area contributed by atoms with E-state index >= 15 is 0 Å². The molecule has 0 aliphatic rings. The van der Waals surface area contributed by atoms with Gasteiger partial charge in [-0.2, -0.15) is 0 Å². The number of hydrogen-bond acceptors (Lipinski definition) is 1. The third-order valence-electron chi connectivity index (χ3n) is 2.76. The molecule has 0 radical (unpaired) electrons. The smallest absolute Gasteiger partial charge is 0.186 e. The van der Waals surface area contributed by atoms with E-state index in [9.17, 15) is 8.76 Å². The quantitative estimate of drug-likeness (QED) is 0.801. The van der Waals surface area contributed by atoms with Gasteiger partial charge in [0.15, 0.2) is 11.1 Å². The molecule has 0 saturated carbocycles. The van der Waals surface area contributed by atoms with Crippen molar-refractivity contribution >= 4 is 11.1 Å². The van der Waals surface area contributed by atoms with Gasteiger partial charge in [0.05, 0.1) is 4.90 Å². The van der Waals surface area contributed by atoms with Gasteiger partial charge in [-0.15, -0.1) is 0 Å². The first-order valence-corrected chi connectivity index (χ1v) is 6.50. The van der Waals surface area contributed by atoms with Gasteiger partial charge in [-0.3, -0.25) is 0 Å². The van der Waals surface area contributed by atoms with Crippen molar-refractivity contribution < 1.29 is 8.76 Å². The molecule has 0 spiro atoms. The Morgan fingerprint density at radius 3 is 2.07 bits per heavy atom. The topological polar surface area (TPSA) is 37.3 Å². The molecule has 0 heterocycles. The Kier molecular flexibility index (Phi) is 4.48. The van der Waals surface area contributed by atoms with Gasteiger partial charge in [0.25, 0.3) is 0 Å². The van der Waals surface area contributed by atoms with E-state index in [1.54, 1.807) is 6.07 Å². The average molecular weight is 226 g/mol. The van der Waals surface area contributed by atoms with Crippen molar-refractivity contribution in [3.8, 4) is 0 Å². The minimum absolute atomic E-state index is 0.576. The number of rotatable bonds is 4.